The van der Waals surface area contributed by atoms with Gasteiger partial charge in [-0.2, -0.15) is 0 Å². The zero-order valence-electron chi connectivity index (χ0n) is 10.5. The number of nitro groups is 1. The van der Waals surface area contributed by atoms with Gasteiger partial charge in [0.1, 0.15) is 5.82 Å². The molecule has 1 aromatic rings. The molecule has 2 amide bonds. The molecule has 20 heavy (non-hydrogen) atoms. The monoisotopic (exact) mass is 285 g/mol. The van der Waals surface area contributed by atoms with E-state index in [1.165, 1.54) is 7.05 Å². The fourth-order valence-electron chi connectivity index (χ4n) is 1.34. The van der Waals surface area contributed by atoms with Gasteiger partial charge in [0, 0.05) is 19.7 Å². The Morgan fingerprint density at radius 2 is 2.10 bits per heavy atom. The molecule has 0 unspecified atom stereocenters. The highest BCUT2D eigenvalue weighted by Gasteiger charge is 2.14. The first kappa shape index (κ1) is 15.3. The summed E-state index contributed by atoms with van der Waals surface area (Å²) in [5.74, 6) is -1.92. The molecule has 0 atom stereocenters. The Morgan fingerprint density at radius 1 is 1.45 bits per heavy atom. The minimum atomic E-state index is -1.06. The van der Waals surface area contributed by atoms with Crippen molar-refractivity contribution in [3.05, 3.63) is 34.1 Å². The van der Waals surface area contributed by atoms with Crippen LogP contribution < -0.4 is 5.32 Å². The second-order valence-corrected chi connectivity index (χ2v) is 3.95. The summed E-state index contributed by atoms with van der Waals surface area (Å²) in [4.78, 5) is 32.9. The summed E-state index contributed by atoms with van der Waals surface area (Å²) in [5.41, 5.74) is -0.572. The van der Waals surface area contributed by atoms with E-state index in [2.05, 4.69) is 5.32 Å². The minimum Gasteiger partial charge on any atom is -0.481 e. The van der Waals surface area contributed by atoms with E-state index >= 15 is 0 Å². The first-order chi connectivity index (χ1) is 9.29. The zero-order valence-corrected chi connectivity index (χ0v) is 10.5. The van der Waals surface area contributed by atoms with Crippen LogP contribution in [0, 0.1) is 15.9 Å². The van der Waals surface area contributed by atoms with Gasteiger partial charge in [-0.1, -0.05) is 0 Å². The Balaban J connectivity index is 2.75. The molecule has 0 aliphatic heterocycles. The average Bonchev–Trinajstić information content (AvgIpc) is 2.34. The summed E-state index contributed by atoms with van der Waals surface area (Å²) in [6.07, 6.45) is -0.243. The molecule has 0 saturated heterocycles. The molecule has 0 saturated carbocycles. The molecule has 0 radical (unpaired) electrons. The Hall–Kier alpha value is -2.71. The van der Waals surface area contributed by atoms with Crippen molar-refractivity contribution in [3.63, 3.8) is 0 Å². The largest absolute Gasteiger partial charge is 0.481 e. The van der Waals surface area contributed by atoms with Gasteiger partial charge in [0.2, 0.25) is 0 Å². The highest BCUT2D eigenvalue weighted by atomic mass is 19.1. The molecule has 0 spiro atoms. The maximum Gasteiger partial charge on any atom is 0.321 e. The van der Waals surface area contributed by atoms with Crippen molar-refractivity contribution in [2.45, 2.75) is 6.42 Å². The number of amides is 2. The zero-order chi connectivity index (χ0) is 15.3. The molecule has 0 aliphatic rings. The second kappa shape index (κ2) is 6.45. The summed E-state index contributed by atoms with van der Waals surface area (Å²) in [7, 11) is 1.35. The van der Waals surface area contributed by atoms with Crippen LogP contribution in [0.3, 0.4) is 0 Å². The molecule has 2 N–H and O–H groups in total. The Morgan fingerprint density at radius 3 is 2.65 bits per heavy atom. The molecule has 1 rings (SSSR count). The molecule has 0 bridgehead atoms. The number of carbonyl (C=O) groups excluding carboxylic acids is 1. The third kappa shape index (κ3) is 4.52. The number of nitrogens with one attached hydrogen (secondary N) is 1. The van der Waals surface area contributed by atoms with Crippen LogP contribution in [-0.4, -0.2) is 40.5 Å². The maximum atomic E-state index is 13.1. The predicted molar refractivity (Wildman–Crippen MR) is 67.0 cm³/mol. The van der Waals surface area contributed by atoms with E-state index in [9.17, 15) is 24.1 Å². The van der Waals surface area contributed by atoms with Gasteiger partial charge in [0.05, 0.1) is 23.1 Å². The number of rotatable bonds is 5. The van der Waals surface area contributed by atoms with E-state index in [0.717, 1.165) is 23.1 Å². The van der Waals surface area contributed by atoms with Crippen LogP contribution >= 0.6 is 0 Å². The van der Waals surface area contributed by atoms with Crippen molar-refractivity contribution in [3.8, 4) is 0 Å². The van der Waals surface area contributed by atoms with Crippen molar-refractivity contribution < 1.29 is 24.0 Å². The molecule has 108 valence electrons. The topological polar surface area (TPSA) is 113 Å². The number of non-ortho nitro benzene ring substituents is 1. The molecule has 0 aromatic heterocycles. The van der Waals surface area contributed by atoms with E-state index in [4.69, 9.17) is 5.11 Å². The summed E-state index contributed by atoms with van der Waals surface area (Å²) in [5, 5.41) is 21.3. The van der Waals surface area contributed by atoms with Crippen LogP contribution in [0.25, 0.3) is 0 Å². The second-order valence-electron chi connectivity index (χ2n) is 3.95. The van der Waals surface area contributed by atoms with Gasteiger partial charge < -0.3 is 15.3 Å². The van der Waals surface area contributed by atoms with Gasteiger partial charge in [-0.15, -0.1) is 0 Å². The lowest BCUT2D eigenvalue weighted by Gasteiger charge is -2.16. The molecule has 0 heterocycles. The lowest BCUT2D eigenvalue weighted by molar-refractivity contribution is -0.385. The third-order valence-corrected chi connectivity index (χ3v) is 2.35. The lowest BCUT2D eigenvalue weighted by Crippen LogP contribution is -2.33. The van der Waals surface area contributed by atoms with Gasteiger partial charge in [0.15, 0.2) is 0 Å². The van der Waals surface area contributed by atoms with Crippen LogP contribution in [0.4, 0.5) is 20.6 Å². The molecule has 0 aliphatic carbocycles. The van der Waals surface area contributed by atoms with Gasteiger partial charge in [0.25, 0.3) is 5.69 Å². The van der Waals surface area contributed by atoms with E-state index in [-0.39, 0.29) is 18.7 Å². The van der Waals surface area contributed by atoms with Crippen LogP contribution in [0.1, 0.15) is 6.42 Å². The maximum absolute atomic E-state index is 13.1. The summed E-state index contributed by atoms with van der Waals surface area (Å²) in [6, 6.07) is 1.97. The van der Waals surface area contributed by atoms with E-state index in [1.54, 1.807) is 0 Å². The normalized spacial score (nSPS) is 9.90. The Bertz CT molecular complexity index is 549. The highest BCUT2D eigenvalue weighted by molar-refractivity contribution is 5.89. The average molecular weight is 285 g/mol. The Kier molecular flexibility index (Phi) is 4.95. The standard InChI is InChI=1S/C11H12FN3O5/c1-14(3-2-10(16)17)11(18)13-8-4-7(12)5-9(6-8)15(19)20/h4-6H,2-3H2,1H3,(H,13,18)(H,16,17). The van der Waals surface area contributed by atoms with Crippen molar-refractivity contribution >= 4 is 23.4 Å². The summed E-state index contributed by atoms with van der Waals surface area (Å²) >= 11 is 0. The summed E-state index contributed by atoms with van der Waals surface area (Å²) in [6.45, 7) is -0.0431. The van der Waals surface area contributed by atoms with E-state index in [1.807, 2.05) is 0 Å². The molecule has 1 aromatic carbocycles. The fraction of sp³-hybridized carbons (Fsp3) is 0.273. The molecule has 8 nitrogen and oxygen atoms in total. The number of carboxylic acid groups (broad SMARTS) is 1. The number of halogens is 1. The van der Waals surface area contributed by atoms with E-state index < -0.39 is 28.4 Å². The first-order valence-corrected chi connectivity index (χ1v) is 5.48. The lowest BCUT2D eigenvalue weighted by atomic mass is 10.2. The third-order valence-electron chi connectivity index (χ3n) is 2.35. The van der Waals surface area contributed by atoms with Crippen molar-refractivity contribution in [2.24, 2.45) is 0 Å². The van der Waals surface area contributed by atoms with Gasteiger partial charge in [-0.05, 0) is 6.07 Å². The number of urea groups is 1. The molecular formula is C11H12FN3O5. The number of aliphatic carboxylic acids is 1. The SMILES string of the molecule is CN(CCC(=O)O)C(=O)Nc1cc(F)cc([N+](=O)[O-])c1. The minimum absolute atomic E-state index is 0.0431. The van der Waals surface area contributed by atoms with Crippen LogP contribution in [0.5, 0.6) is 0 Å². The van der Waals surface area contributed by atoms with Gasteiger partial charge >= 0.3 is 12.0 Å². The number of benzene rings is 1. The predicted octanol–water partition coefficient (Wildman–Crippen LogP) is 1.67. The number of hydrogen-bond acceptors (Lipinski definition) is 4. The fourth-order valence-corrected chi connectivity index (χ4v) is 1.34. The molecular weight excluding hydrogens is 273 g/mol. The van der Waals surface area contributed by atoms with Crippen molar-refractivity contribution in [1.29, 1.82) is 0 Å². The number of nitrogens with zero attached hydrogens (tertiary/aromatic N) is 2. The molecule has 0 fully saturated rings. The number of carboxylic acids is 1. The van der Waals surface area contributed by atoms with Gasteiger partial charge in [-0.25, -0.2) is 9.18 Å². The first-order valence-electron chi connectivity index (χ1n) is 5.48. The number of hydrogen-bond donors (Lipinski definition) is 2. The van der Waals surface area contributed by atoms with Crippen LogP contribution in [0.2, 0.25) is 0 Å². The van der Waals surface area contributed by atoms with E-state index in [0.29, 0.717) is 0 Å². The van der Waals surface area contributed by atoms with Crippen LogP contribution in [-0.2, 0) is 4.79 Å². The number of carbonyl (C=O) groups is 2. The van der Waals surface area contributed by atoms with Crippen molar-refractivity contribution in [2.75, 3.05) is 18.9 Å². The van der Waals surface area contributed by atoms with Crippen molar-refractivity contribution in [1.82, 2.24) is 4.90 Å². The highest BCUT2D eigenvalue weighted by Crippen LogP contribution is 2.20. The quantitative estimate of drug-likeness (QED) is 0.631. The van der Waals surface area contributed by atoms with Crippen LogP contribution in [0.15, 0.2) is 18.2 Å². The van der Waals surface area contributed by atoms with Gasteiger partial charge in [-0.3, -0.25) is 14.9 Å². The summed E-state index contributed by atoms with van der Waals surface area (Å²) < 4.78 is 13.1. The Labute approximate surface area is 113 Å². The molecule has 9 heteroatoms. The smallest absolute Gasteiger partial charge is 0.321 e. The number of nitro benzene ring substituents is 1. The number of anilines is 1.